The molecule has 1 fully saturated rings. The summed E-state index contributed by atoms with van der Waals surface area (Å²) in [6, 6.07) is 0. The summed E-state index contributed by atoms with van der Waals surface area (Å²) in [6.07, 6.45) is 64.4. The highest BCUT2D eigenvalue weighted by atomic mass is 16.7. The molecular weight excluding hydrogens is 1020 g/mol. The van der Waals surface area contributed by atoms with E-state index in [0.29, 0.717) is 19.3 Å². The lowest BCUT2D eigenvalue weighted by molar-refractivity contribution is -0.301. The van der Waals surface area contributed by atoms with Crippen LogP contribution in [-0.2, 0) is 42.9 Å². The molecule has 12 heteroatoms. The zero-order valence-corrected chi connectivity index (χ0v) is 50.5. The van der Waals surface area contributed by atoms with Crippen molar-refractivity contribution in [1.82, 2.24) is 0 Å². The fourth-order valence-corrected chi connectivity index (χ4v) is 8.67. The van der Waals surface area contributed by atoms with Crippen molar-refractivity contribution in [3.63, 3.8) is 0 Å². The zero-order valence-electron chi connectivity index (χ0n) is 50.5. The summed E-state index contributed by atoms with van der Waals surface area (Å²) < 4.78 is 28.4. The molecule has 0 aliphatic carbocycles. The van der Waals surface area contributed by atoms with Crippen molar-refractivity contribution in [3.05, 3.63) is 122 Å². The maximum absolute atomic E-state index is 13.2. The smallest absolute Gasteiger partial charge is 0.335 e. The van der Waals surface area contributed by atoms with Gasteiger partial charge in [0.2, 0.25) is 0 Å². The van der Waals surface area contributed by atoms with Crippen molar-refractivity contribution in [3.8, 4) is 0 Å². The Bertz CT molecular complexity index is 1870. The predicted molar refractivity (Wildman–Crippen MR) is 330 cm³/mol. The summed E-state index contributed by atoms with van der Waals surface area (Å²) in [6.45, 7) is 5.75. The summed E-state index contributed by atoms with van der Waals surface area (Å²) >= 11 is 0. The second-order valence-electron chi connectivity index (χ2n) is 20.9. The topological polar surface area (TPSA) is 175 Å². The molecule has 0 bridgehead atoms. The lowest BCUT2D eigenvalue weighted by Gasteiger charge is -2.40. The van der Waals surface area contributed by atoms with Crippen LogP contribution >= 0.6 is 0 Å². The number of esters is 3. The molecule has 458 valence electrons. The first-order valence-corrected chi connectivity index (χ1v) is 31.5. The monoisotopic (exact) mass is 1130 g/mol. The van der Waals surface area contributed by atoms with Gasteiger partial charge >= 0.3 is 23.9 Å². The Kier molecular flexibility index (Phi) is 50.9. The summed E-state index contributed by atoms with van der Waals surface area (Å²) in [5.41, 5.74) is 0. The lowest BCUT2D eigenvalue weighted by atomic mass is 9.98. The number of carbonyl (C=O) groups is 4. The largest absolute Gasteiger partial charge is 0.479 e. The van der Waals surface area contributed by atoms with Gasteiger partial charge in [-0.2, -0.15) is 0 Å². The van der Waals surface area contributed by atoms with Crippen molar-refractivity contribution in [1.29, 1.82) is 0 Å². The first kappa shape index (κ1) is 74.1. The molecule has 0 aromatic rings. The molecule has 6 atom stereocenters. The second kappa shape index (κ2) is 55.6. The highest BCUT2D eigenvalue weighted by Crippen LogP contribution is 2.26. The van der Waals surface area contributed by atoms with Crippen molar-refractivity contribution in [2.24, 2.45) is 0 Å². The minimum atomic E-state index is -1.93. The van der Waals surface area contributed by atoms with Gasteiger partial charge in [-0.3, -0.25) is 14.4 Å². The predicted octanol–water partition coefficient (Wildman–Crippen LogP) is 16.8. The van der Waals surface area contributed by atoms with E-state index in [1.165, 1.54) is 25.7 Å². The zero-order chi connectivity index (χ0) is 58.9. The van der Waals surface area contributed by atoms with Gasteiger partial charge < -0.3 is 39.0 Å². The molecule has 0 radical (unpaired) electrons. The van der Waals surface area contributed by atoms with E-state index in [1.54, 1.807) is 0 Å². The van der Waals surface area contributed by atoms with Crippen molar-refractivity contribution in [2.75, 3.05) is 13.2 Å². The van der Waals surface area contributed by atoms with E-state index in [0.717, 1.165) is 154 Å². The average Bonchev–Trinajstić information content (AvgIpc) is 3.54. The van der Waals surface area contributed by atoms with Crippen LogP contribution < -0.4 is 0 Å². The van der Waals surface area contributed by atoms with Crippen LogP contribution in [0, 0.1) is 0 Å². The maximum Gasteiger partial charge on any atom is 0.335 e. The van der Waals surface area contributed by atoms with Crippen LogP contribution in [0.15, 0.2) is 122 Å². The second-order valence-corrected chi connectivity index (χ2v) is 20.9. The van der Waals surface area contributed by atoms with E-state index >= 15 is 0 Å². The summed E-state index contributed by atoms with van der Waals surface area (Å²) in [7, 11) is 0. The molecule has 0 saturated carbocycles. The highest BCUT2D eigenvalue weighted by Gasteiger charge is 2.50. The molecule has 1 aliphatic rings. The van der Waals surface area contributed by atoms with Crippen LogP contribution in [0.1, 0.15) is 239 Å². The van der Waals surface area contributed by atoms with Crippen LogP contribution in [0.2, 0.25) is 0 Å². The van der Waals surface area contributed by atoms with Gasteiger partial charge in [0.15, 0.2) is 24.6 Å². The van der Waals surface area contributed by atoms with E-state index in [-0.39, 0.29) is 25.9 Å². The quantitative estimate of drug-likeness (QED) is 0.0228. The van der Waals surface area contributed by atoms with Gasteiger partial charge in [0.1, 0.15) is 18.8 Å². The fraction of sp³-hybridized carbons (Fsp3) is 0.652. The first-order chi connectivity index (χ1) is 39.6. The van der Waals surface area contributed by atoms with E-state index < -0.39 is 67.3 Å². The SMILES string of the molecule is CC/C=C\C/C=C\C/C=C\C/C=C\C/C=C\CCCCCC(=O)OC1C(OCC(COC(=O)CCCCCCCC/C=C\C/C=C\C/C=C\CCCCC)OC(=O)CCCCCCC/C=C\C/C=C\CCC)OC(C(=O)O)C(O)C1O. The van der Waals surface area contributed by atoms with Gasteiger partial charge in [-0.05, 0) is 128 Å². The molecule has 0 aromatic heterocycles. The van der Waals surface area contributed by atoms with E-state index in [4.69, 9.17) is 23.7 Å². The number of allylic oxidation sites excluding steroid dienone is 20. The Morgan fingerprint density at radius 2 is 0.802 bits per heavy atom. The number of carbonyl (C=O) groups excluding carboxylic acids is 3. The van der Waals surface area contributed by atoms with Gasteiger partial charge in [0.25, 0.3) is 0 Å². The molecule has 3 N–H and O–H groups in total. The van der Waals surface area contributed by atoms with Gasteiger partial charge in [-0.25, -0.2) is 4.79 Å². The first-order valence-electron chi connectivity index (χ1n) is 31.5. The van der Waals surface area contributed by atoms with Crippen LogP contribution in [0.3, 0.4) is 0 Å². The number of hydrogen-bond acceptors (Lipinski definition) is 11. The van der Waals surface area contributed by atoms with Gasteiger partial charge in [0.05, 0.1) is 6.61 Å². The fourth-order valence-electron chi connectivity index (χ4n) is 8.67. The molecule has 12 nitrogen and oxygen atoms in total. The molecule has 0 aromatic carbocycles. The molecule has 1 rings (SSSR count). The number of ether oxygens (including phenoxy) is 5. The molecule has 0 amide bonds. The van der Waals surface area contributed by atoms with Crippen LogP contribution in [0.25, 0.3) is 0 Å². The number of hydrogen-bond donors (Lipinski definition) is 3. The normalized spacial score (nSPS) is 18.6. The molecule has 6 unspecified atom stereocenters. The summed E-state index contributed by atoms with van der Waals surface area (Å²) in [4.78, 5) is 51.3. The molecule has 1 heterocycles. The summed E-state index contributed by atoms with van der Waals surface area (Å²) in [5.74, 6) is -3.21. The van der Waals surface area contributed by atoms with E-state index in [9.17, 15) is 34.5 Å². The lowest BCUT2D eigenvalue weighted by Crippen LogP contribution is -2.61. The van der Waals surface area contributed by atoms with Gasteiger partial charge in [0, 0.05) is 19.3 Å². The minimum absolute atomic E-state index is 0.0121. The Balaban J connectivity index is 2.70. The number of aliphatic hydroxyl groups is 2. The van der Waals surface area contributed by atoms with Gasteiger partial charge in [-0.15, -0.1) is 0 Å². The van der Waals surface area contributed by atoms with E-state index in [1.807, 2.05) is 0 Å². The molecule has 81 heavy (non-hydrogen) atoms. The van der Waals surface area contributed by atoms with Crippen LogP contribution in [-0.4, -0.2) is 89.2 Å². The van der Waals surface area contributed by atoms with Crippen molar-refractivity contribution in [2.45, 2.75) is 276 Å². The maximum atomic E-state index is 13.2. The number of unbranched alkanes of at least 4 members (excludes halogenated alkanes) is 18. The number of aliphatic carboxylic acids is 1. The number of carboxylic acids is 1. The molecule has 1 aliphatic heterocycles. The third kappa shape index (κ3) is 45.3. The van der Waals surface area contributed by atoms with Crippen LogP contribution in [0.5, 0.6) is 0 Å². The average molecular weight is 1130 g/mol. The standard InChI is InChI=1S/C69H110O12/c1-4-7-10-13-16-19-22-25-27-29-31-33-35-38-40-43-46-49-52-55-61(70)77-58-60(79-62(71)56-53-50-47-44-41-37-24-21-18-15-12-9-6-3)59-78-69-67(65(74)64(73)66(81-69)68(75)76)80-63(72)57-54-51-48-45-42-39-36-34-32-30-28-26-23-20-17-14-11-8-5-2/h8,11-12,15-17,19-21,24-28,31-34,39,42,60,64-67,69,73-74H,4-7,9-10,13-14,18,22-23,29-30,35-38,40-41,43-59H2,1-3H3,(H,75,76)/b11-8-,15-12-,19-16-,20-17-,24-21-,27-25-,28-26-,33-31-,34-32-,42-39-. The molecular formula is C69H110O12. The highest BCUT2D eigenvalue weighted by molar-refractivity contribution is 5.74. The van der Waals surface area contributed by atoms with Crippen molar-refractivity contribution >= 4 is 23.9 Å². The Labute approximate surface area is 490 Å². The van der Waals surface area contributed by atoms with Crippen molar-refractivity contribution < 1.29 is 58.2 Å². The number of rotatable bonds is 52. The van der Waals surface area contributed by atoms with E-state index in [2.05, 4.69) is 142 Å². The van der Waals surface area contributed by atoms with Gasteiger partial charge in [-0.1, -0.05) is 213 Å². The molecule has 0 spiro atoms. The number of carboxylic acid groups (broad SMARTS) is 1. The Morgan fingerprint density at radius 3 is 1.25 bits per heavy atom. The third-order valence-corrected chi connectivity index (χ3v) is 13.5. The van der Waals surface area contributed by atoms with Crippen LogP contribution in [0.4, 0.5) is 0 Å². The Hall–Kier alpha value is -4.88. The summed E-state index contributed by atoms with van der Waals surface area (Å²) in [5, 5.41) is 31.6. The minimum Gasteiger partial charge on any atom is -0.479 e. The third-order valence-electron chi connectivity index (χ3n) is 13.5. The Morgan fingerprint density at radius 1 is 0.420 bits per heavy atom. The molecule has 1 saturated heterocycles. The number of aliphatic hydroxyl groups excluding tert-OH is 2.